The smallest absolute Gasteiger partial charge is 0.223 e. The van der Waals surface area contributed by atoms with Gasteiger partial charge in [0.25, 0.3) is 0 Å². The van der Waals surface area contributed by atoms with Crippen LogP contribution in [0.25, 0.3) is 21.8 Å². The third kappa shape index (κ3) is 5.08. The standard InChI is InChI=1S/C26H26ClN5S/c1-17(18-6-3-2-4-7-18)30-26-29-15-12-22(31-26)24-23(20-8-5-9-21(27)16-20)32-25(33-24)19-10-13-28-14-11-19/h2-9,12,15-17,19,28H,10-11,13-14H2,1H3,(H,29,30,31)/t17-/m0/s1. The van der Waals surface area contributed by atoms with E-state index >= 15 is 0 Å². The maximum atomic E-state index is 6.32. The average Bonchev–Trinajstić information content (AvgIpc) is 3.31. The van der Waals surface area contributed by atoms with Gasteiger partial charge in [-0.05, 0) is 56.6 Å². The van der Waals surface area contributed by atoms with Crippen molar-refractivity contribution < 1.29 is 0 Å². The van der Waals surface area contributed by atoms with Gasteiger partial charge in [-0.1, -0.05) is 54.1 Å². The molecule has 33 heavy (non-hydrogen) atoms. The third-order valence-corrected chi connectivity index (χ3v) is 7.44. The van der Waals surface area contributed by atoms with Gasteiger partial charge in [0.05, 0.1) is 27.3 Å². The minimum Gasteiger partial charge on any atom is -0.348 e. The molecule has 7 heteroatoms. The molecule has 2 aromatic carbocycles. The second-order valence-corrected chi connectivity index (χ2v) is 9.77. The molecular formula is C26H26ClN5S. The molecule has 168 valence electrons. The number of halogens is 1. The zero-order valence-electron chi connectivity index (χ0n) is 18.5. The first-order valence-corrected chi connectivity index (χ1v) is 12.5. The van der Waals surface area contributed by atoms with Crippen LogP contribution in [0.4, 0.5) is 5.95 Å². The second-order valence-electron chi connectivity index (χ2n) is 8.31. The largest absolute Gasteiger partial charge is 0.348 e. The number of hydrogen-bond donors (Lipinski definition) is 2. The first-order valence-electron chi connectivity index (χ1n) is 11.3. The van der Waals surface area contributed by atoms with Gasteiger partial charge in [-0.2, -0.15) is 0 Å². The maximum Gasteiger partial charge on any atom is 0.223 e. The van der Waals surface area contributed by atoms with E-state index in [4.69, 9.17) is 21.6 Å². The van der Waals surface area contributed by atoms with Crippen molar-refractivity contribution >= 4 is 28.9 Å². The van der Waals surface area contributed by atoms with Crippen LogP contribution in [0.1, 0.15) is 42.3 Å². The number of nitrogens with zero attached hydrogens (tertiary/aromatic N) is 3. The second kappa shape index (κ2) is 10.00. The Hall–Kier alpha value is -2.80. The molecule has 2 aromatic heterocycles. The molecule has 1 aliphatic rings. The Kier molecular flexibility index (Phi) is 6.67. The summed E-state index contributed by atoms with van der Waals surface area (Å²) in [7, 11) is 0. The molecule has 0 saturated carbocycles. The molecule has 1 saturated heterocycles. The molecule has 3 heterocycles. The molecular weight excluding hydrogens is 450 g/mol. The number of piperidine rings is 1. The fourth-order valence-corrected chi connectivity index (χ4v) is 5.58. The van der Waals surface area contributed by atoms with Crippen LogP contribution in [0.5, 0.6) is 0 Å². The highest BCUT2D eigenvalue weighted by molar-refractivity contribution is 7.15. The number of rotatable bonds is 6. The summed E-state index contributed by atoms with van der Waals surface area (Å²) in [4.78, 5) is 15.5. The van der Waals surface area contributed by atoms with Crippen molar-refractivity contribution in [2.24, 2.45) is 0 Å². The summed E-state index contributed by atoms with van der Waals surface area (Å²) < 4.78 is 0. The molecule has 1 atom stereocenters. The molecule has 1 fully saturated rings. The Morgan fingerprint density at radius 1 is 1.03 bits per heavy atom. The maximum absolute atomic E-state index is 6.32. The zero-order chi connectivity index (χ0) is 22.6. The van der Waals surface area contributed by atoms with Gasteiger partial charge in [0, 0.05) is 22.7 Å². The highest BCUT2D eigenvalue weighted by atomic mass is 35.5. The molecule has 4 aromatic rings. The van der Waals surface area contributed by atoms with Crippen molar-refractivity contribution in [3.05, 3.63) is 82.5 Å². The Morgan fingerprint density at radius 2 is 1.85 bits per heavy atom. The minimum absolute atomic E-state index is 0.0978. The number of nitrogens with one attached hydrogen (secondary N) is 2. The van der Waals surface area contributed by atoms with Crippen LogP contribution in [0.2, 0.25) is 5.02 Å². The normalized spacial score (nSPS) is 15.3. The van der Waals surface area contributed by atoms with E-state index in [1.807, 2.05) is 48.7 Å². The van der Waals surface area contributed by atoms with Crippen molar-refractivity contribution in [2.75, 3.05) is 18.4 Å². The summed E-state index contributed by atoms with van der Waals surface area (Å²) in [6.45, 7) is 4.18. The van der Waals surface area contributed by atoms with E-state index in [2.05, 4.69) is 40.7 Å². The topological polar surface area (TPSA) is 62.7 Å². The van der Waals surface area contributed by atoms with Crippen molar-refractivity contribution in [1.82, 2.24) is 20.3 Å². The van der Waals surface area contributed by atoms with Crippen molar-refractivity contribution in [2.45, 2.75) is 31.7 Å². The van der Waals surface area contributed by atoms with Crippen LogP contribution in [0, 0.1) is 0 Å². The lowest BCUT2D eigenvalue weighted by molar-refractivity contribution is 0.459. The van der Waals surface area contributed by atoms with Gasteiger partial charge in [0.2, 0.25) is 5.95 Å². The van der Waals surface area contributed by atoms with Gasteiger partial charge in [-0.3, -0.25) is 0 Å². The zero-order valence-corrected chi connectivity index (χ0v) is 20.0. The Morgan fingerprint density at radius 3 is 2.64 bits per heavy atom. The molecule has 0 amide bonds. The van der Waals surface area contributed by atoms with Crippen LogP contribution in [0.3, 0.4) is 0 Å². The number of anilines is 1. The lowest BCUT2D eigenvalue weighted by Gasteiger charge is -2.20. The van der Waals surface area contributed by atoms with Gasteiger partial charge in [-0.15, -0.1) is 11.3 Å². The Bertz CT molecular complexity index is 1220. The van der Waals surface area contributed by atoms with E-state index in [-0.39, 0.29) is 6.04 Å². The SMILES string of the molecule is C[C@H](Nc1nccc(-c2sc(C3CCNCC3)nc2-c2cccc(Cl)c2)n1)c1ccccc1. The predicted molar refractivity (Wildman–Crippen MR) is 137 cm³/mol. The Balaban J connectivity index is 1.51. The summed E-state index contributed by atoms with van der Waals surface area (Å²) in [6.07, 6.45) is 4.02. The number of benzene rings is 2. The molecule has 5 nitrogen and oxygen atoms in total. The van der Waals surface area contributed by atoms with Crippen molar-refractivity contribution in [3.63, 3.8) is 0 Å². The van der Waals surface area contributed by atoms with Crippen LogP contribution >= 0.6 is 22.9 Å². The third-order valence-electron chi connectivity index (χ3n) is 5.96. The van der Waals surface area contributed by atoms with Gasteiger partial charge in [0.15, 0.2) is 0 Å². The lowest BCUT2D eigenvalue weighted by atomic mass is 9.99. The molecule has 1 aliphatic heterocycles. The van der Waals surface area contributed by atoms with Crippen LogP contribution in [-0.2, 0) is 0 Å². The van der Waals surface area contributed by atoms with Gasteiger partial charge >= 0.3 is 0 Å². The van der Waals surface area contributed by atoms with E-state index in [0.29, 0.717) is 16.9 Å². The molecule has 0 bridgehead atoms. The quantitative estimate of drug-likeness (QED) is 0.330. The summed E-state index contributed by atoms with van der Waals surface area (Å²) >= 11 is 8.06. The molecule has 0 spiro atoms. The van der Waals surface area contributed by atoms with Gasteiger partial charge in [-0.25, -0.2) is 15.0 Å². The van der Waals surface area contributed by atoms with Crippen LogP contribution in [0.15, 0.2) is 66.9 Å². The first kappa shape index (κ1) is 22.0. The van der Waals surface area contributed by atoms with E-state index < -0.39 is 0 Å². The number of aromatic nitrogens is 3. The van der Waals surface area contributed by atoms with Crippen LogP contribution < -0.4 is 10.6 Å². The highest BCUT2D eigenvalue weighted by Crippen LogP contribution is 2.41. The average molecular weight is 476 g/mol. The molecule has 0 radical (unpaired) electrons. The number of thiazole rings is 1. The summed E-state index contributed by atoms with van der Waals surface area (Å²) in [6, 6.07) is 20.3. The lowest BCUT2D eigenvalue weighted by Crippen LogP contribution is -2.26. The molecule has 0 aliphatic carbocycles. The van der Waals surface area contributed by atoms with Gasteiger partial charge in [0.1, 0.15) is 0 Å². The van der Waals surface area contributed by atoms with Gasteiger partial charge < -0.3 is 10.6 Å². The summed E-state index contributed by atoms with van der Waals surface area (Å²) in [5.74, 6) is 1.08. The number of hydrogen-bond acceptors (Lipinski definition) is 6. The van der Waals surface area contributed by atoms with E-state index in [9.17, 15) is 0 Å². The minimum atomic E-state index is 0.0978. The van der Waals surface area contributed by atoms with E-state index in [1.165, 1.54) is 10.6 Å². The Labute approximate surface area is 203 Å². The molecule has 5 rings (SSSR count). The predicted octanol–water partition coefficient (Wildman–Crippen LogP) is 6.56. The van der Waals surface area contributed by atoms with Crippen LogP contribution in [-0.4, -0.2) is 28.0 Å². The fourth-order valence-electron chi connectivity index (χ4n) is 4.16. The van der Waals surface area contributed by atoms with Crippen molar-refractivity contribution in [1.29, 1.82) is 0 Å². The summed E-state index contributed by atoms with van der Waals surface area (Å²) in [5.41, 5.74) is 4.02. The fraction of sp³-hybridized carbons (Fsp3) is 0.269. The van der Waals surface area contributed by atoms with E-state index in [0.717, 1.165) is 47.8 Å². The van der Waals surface area contributed by atoms with Crippen molar-refractivity contribution in [3.8, 4) is 21.8 Å². The first-order chi connectivity index (χ1) is 16.2. The highest BCUT2D eigenvalue weighted by Gasteiger charge is 2.23. The van der Waals surface area contributed by atoms with E-state index in [1.54, 1.807) is 11.3 Å². The molecule has 2 N–H and O–H groups in total. The monoisotopic (exact) mass is 475 g/mol. The summed E-state index contributed by atoms with van der Waals surface area (Å²) in [5, 5.41) is 8.76. The molecule has 0 unspecified atom stereocenters.